The minimum Gasteiger partial charge on any atom is -0.490 e. The summed E-state index contributed by atoms with van der Waals surface area (Å²) in [4.78, 5) is 12.5. The van der Waals surface area contributed by atoms with E-state index in [1.165, 1.54) is 12.8 Å². The molecule has 5 nitrogen and oxygen atoms in total. The number of aromatic amines is 1. The normalized spacial score (nSPS) is 14.9. The summed E-state index contributed by atoms with van der Waals surface area (Å²) in [5, 5.41) is 10.0. The van der Waals surface area contributed by atoms with Crippen LogP contribution in [0.4, 0.5) is 0 Å². The van der Waals surface area contributed by atoms with E-state index in [9.17, 15) is 4.79 Å². The first kappa shape index (κ1) is 18.0. The van der Waals surface area contributed by atoms with Gasteiger partial charge < -0.3 is 10.1 Å². The molecule has 1 fully saturated rings. The third kappa shape index (κ3) is 4.24. The summed E-state index contributed by atoms with van der Waals surface area (Å²) in [5.41, 5.74) is 2.30. The highest BCUT2D eigenvalue weighted by Crippen LogP contribution is 2.27. The van der Waals surface area contributed by atoms with Crippen molar-refractivity contribution < 1.29 is 9.53 Å². The van der Waals surface area contributed by atoms with E-state index in [0.717, 1.165) is 34.3 Å². The fraction of sp³-hybridized carbons (Fsp3) is 0.474. The van der Waals surface area contributed by atoms with Gasteiger partial charge in [0.15, 0.2) is 5.69 Å². The minimum atomic E-state index is -0.203. The summed E-state index contributed by atoms with van der Waals surface area (Å²) in [5.74, 6) is 0.924. The van der Waals surface area contributed by atoms with Crippen LogP contribution in [0.2, 0.25) is 0 Å². The van der Waals surface area contributed by atoms with Crippen LogP contribution in [0.5, 0.6) is 5.75 Å². The Morgan fingerprint density at radius 2 is 2.08 bits per heavy atom. The van der Waals surface area contributed by atoms with Crippen molar-refractivity contribution in [3.63, 3.8) is 0 Å². The zero-order valence-electron chi connectivity index (χ0n) is 14.6. The zero-order chi connectivity index (χ0) is 17.8. The van der Waals surface area contributed by atoms with Crippen molar-refractivity contribution in [2.45, 2.75) is 58.1 Å². The highest BCUT2D eigenvalue weighted by Gasteiger charge is 2.20. The second kappa shape index (κ2) is 8.04. The third-order valence-electron chi connectivity index (χ3n) is 4.53. The van der Waals surface area contributed by atoms with E-state index in [0.29, 0.717) is 18.3 Å². The molecule has 0 bridgehead atoms. The number of nitrogens with one attached hydrogen (secondary N) is 2. The van der Waals surface area contributed by atoms with Crippen LogP contribution < -0.4 is 10.1 Å². The lowest BCUT2D eigenvalue weighted by molar-refractivity contribution is 0.0944. The number of amides is 1. The van der Waals surface area contributed by atoms with Gasteiger partial charge in [-0.15, -0.1) is 0 Å². The monoisotopic (exact) mass is 405 g/mol. The third-order valence-corrected chi connectivity index (χ3v) is 5.34. The first-order chi connectivity index (χ1) is 12.1. The molecule has 1 aliphatic rings. The van der Waals surface area contributed by atoms with E-state index in [1.54, 1.807) is 0 Å². The molecule has 25 heavy (non-hydrogen) atoms. The van der Waals surface area contributed by atoms with Gasteiger partial charge in [-0.2, -0.15) is 5.10 Å². The number of para-hydroxylation sites is 1. The largest absolute Gasteiger partial charge is 0.490 e. The maximum Gasteiger partial charge on any atom is 0.273 e. The van der Waals surface area contributed by atoms with Crippen LogP contribution in [0.1, 0.15) is 67.2 Å². The smallest absolute Gasteiger partial charge is 0.273 e. The number of benzene rings is 1. The number of ether oxygens (including phenoxy) is 1. The van der Waals surface area contributed by atoms with Gasteiger partial charge in [0.2, 0.25) is 0 Å². The molecule has 3 rings (SSSR count). The highest BCUT2D eigenvalue weighted by atomic mass is 79.9. The van der Waals surface area contributed by atoms with Gasteiger partial charge in [-0.3, -0.25) is 9.89 Å². The fourth-order valence-electron chi connectivity index (χ4n) is 3.08. The molecule has 1 amide bonds. The SMILES string of the molecule is CC(C)c1[nH]nc(C(=O)NCc2ccccc2OC2CCCC2)c1Br. The molecule has 1 saturated carbocycles. The Labute approximate surface area is 156 Å². The number of rotatable bonds is 6. The molecule has 6 heteroatoms. The van der Waals surface area contributed by atoms with Crippen LogP contribution in [0.25, 0.3) is 0 Å². The summed E-state index contributed by atoms with van der Waals surface area (Å²) in [6.45, 7) is 4.52. The predicted octanol–water partition coefficient (Wildman–Crippen LogP) is 4.55. The molecule has 2 aromatic rings. The molecule has 0 aliphatic heterocycles. The Hall–Kier alpha value is -1.82. The summed E-state index contributed by atoms with van der Waals surface area (Å²) in [6.07, 6.45) is 4.98. The Morgan fingerprint density at radius 3 is 2.76 bits per heavy atom. The van der Waals surface area contributed by atoms with Crippen LogP contribution in [0.15, 0.2) is 28.7 Å². The van der Waals surface area contributed by atoms with Crippen LogP contribution in [0.3, 0.4) is 0 Å². The van der Waals surface area contributed by atoms with E-state index in [1.807, 2.05) is 24.3 Å². The van der Waals surface area contributed by atoms with Gasteiger partial charge in [0.25, 0.3) is 5.91 Å². The molecular weight excluding hydrogens is 382 g/mol. The van der Waals surface area contributed by atoms with Crippen LogP contribution in [-0.2, 0) is 6.54 Å². The van der Waals surface area contributed by atoms with Crippen LogP contribution >= 0.6 is 15.9 Å². The lowest BCUT2D eigenvalue weighted by Crippen LogP contribution is -2.24. The Balaban J connectivity index is 1.66. The topological polar surface area (TPSA) is 67.0 Å². The first-order valence-electron chi connectivity index (χ1n) is 8.82. The van der Waals surface area contributed by atoms with E-state index < -0.39 is 0 Å². The van der Waals surface area contributed by atoms with Crippen LogP contribution in [-0.4, -0.2) is 22.2 Å². The fourth-order valence-corrected chi connectivity index (χ4v) is 3.90. The summed E-state index contributed by atoms with van der Waals surface area (Å²) >= 11 is 3.47. The molecule has 0 radical (unpaired) electrons. The van der Waals surface area contributed by atoms with E-state index in [2.05, 4.69) is 45.3 Å². The standard InChI is InChI=1S/C19H24BrN3O2/c1-12(2)17-16(20)18(23-22-17)19(24)21-11-13-7-3-6-10-15(13)25-14-8-4-5-9-14/h3,6-7,10,12,14H,4-5,8-9,11H2,1-2H3,(H,21,24)(H,22,23). The second-order valence-electron chi connectivity index (χ2n) is 6.77. The number of H-pyrrole nitrogens is 1. The van der Waals surface area contributed by atoms with Gasteiger partial charge in [-0.1, -0.05) is 32.0 Å². The van der Waals surface area contributed by atoms with Gasteiger partial charge in [0.05, 0.1) is 16.3 Å². The molecule has 2 N–H and O–H groups in total. The molecule has 1 aromatic carbocycles. The van der Waals surface area contributed by atoms with Gasteiger partial charge in [0.1, 0.15) is 5.75 Å². The highest BCUT2D eigenvalue weighted by molar-refractivity contribution is 9.10. The number of carbonyl (C=O) groups is 1. The second-order valence-corrected chi connectivity index (χ2v) is 7.56. The Kier molecular flexibility index (Phi) is 5.78. The summed E-state index contributed by atoms with van der Waals surface area (Å²) in [7, 11) is 0. The lowest BCUT2D eigenvalue weighted by atomic mass is 10.1. The molecule has 0 atom stereocenters. The van der Waals surface area contributed by atoms with Crippen molar-refractivity contribution in [1.29, 1.82) is 0 Å². The average molecular weight is 406 g/mol. The van der Waals surface area contributed by atoms with Crippen molar-refractivity contribution in [2.24, 2.45) is 0 Å². The zero-order valence-corrected chi connectivity index (χ0v) is 16.2. The first-order valence-corrected chi connectivity index (χ1v) is 9.62. The number of halogens is 1. The number of aromatic nitrogens is 2. The van der Waals surface area contributed by atoms with Crippen molar-refractivity contribution in [3.05, 3.63) is 45.7 Å². The minimum absolute atomic E-state index is 0.203. The van der Waals surface area contributed by atoms with E-state index in [-0.39, 0.29) is 11.8 Å². The molecule has 134 valence electrons. The molecule has 1 heterocycles. The number of hydrogen-bond acceptors (Lipinski definition) is 3. The van der Waals surface area contributed by atoms with Crippen molar-refractivity contribution in [2.75, 3.05) is 0 Å². The maximum absolute atomic E-state index is 12.5. The molecule has 0 spiro atoms. The quantitative estimate of drug-likeness (QED) is 0.740. The molecule has 1 aliphatic carbocycles. The van der Waals surface area contributed by atoms with Gasteiger partial charge >= 0.3 is 0 Å². The van der Waals surface area contributed by atoms with Crippen LogP contribution in [0, 0.1) is 0 Å². The van der Waals surface area contributed by atoms with Gasteiger partial charge in [-0.05, 0) is 53.6 Å². The summed E-state index contributed by atoms with van der Waals surface area (Å²) in [6, 6.07) is 7.89. The van der Waals surface area contributed by atoms with Crippen molar-refractivity contribution >= 4 is 21.8 Å². The number of carbonyl (C=O) groups excluding carboxylic acids is 1. The number of hydrogen-bond donors (Lipinski definition) is 2. The Bertz CT molecular complexity index is 736. The lowest BCUT2D eigenvalue weighted by Gasteiger charge is -2.16. The maximum atomic E-state index is 12.5. The Morgan fingerprint density at radius 1 is 1.36 bits per heavy atom. The summed E-state index contributed by atoms with van der Waals surface area (Å²) < 4.78 is 6.85. The predicted molar refractivity (Wildman–Crippen MR) is 101 cm³/mol. The number of nitrogens with zero attached hydrogens (tertiary/aromatic N) is 1. The van der Waals surface area contributed by atoms with Crippen molar-refractivity contribution in [1.82, 2.24) is 15.5 Å². The molecule has 1 aromatic heterocycles. The van der Waals surface area contributed by atoms with Gasteiger partial charge in [0, 0.05) is 12.1 Å². The molecular formula is C19H24BrN3O2. The van der Waals surface area contributed by atoms with E-state index in [4.69, 9.17) is 4.74 Å². The van der Waals surface area contributed by atoms with E-state index >= 15 is 0 Å². The van der Waals surface area contributed by atoms with Gasteiger partial charge in [-0.25, -0.2) is 0 Å². The average Bonchev–Trinajstić information content (AvgIpc) is 3.23. The molecule has 0 unspecified atom stereocenters. The molecule has 0 saturated heterocycles. The van der Waals surface area contributed by atoms with Crippen molar-refractivity contribution in [3.8, 4) is 5.75 Å².